The van der Waals surface area contributed by atoms with Gasteiger partial charge in [-0.15, -0.1) is 6.58 Å². The highest BCUT2D eigenvalue weighted by Crippen LogP contribution is 2.46. The van der Waals surface area contributed by atoms with E-state index >= 15 is 0 Å². The molecular weight excluding hydrogens is 264 g/mol. The van der Waals surface area contributed by atoms with Crippen LogP contribution in [0.5, 0.6) is 0 Å². The summed E-state index contributed by atoms with van der Waals surface area (Å²) in [6.07, 6.45) is 3.58. The molecule has 0 saturated heterocycles. The van der Waals surface area contributed by atoms with Crippen molar-refractivity contribution in [1.29, 1.82) is 0 Å². The number of fused-ring (bicyclic) bond motifs is 1. The first kappa shape index (κ1) is 11.9. The summed E-state index contributed by atoms with van der Waals surface area (Å²) < 4.78 is 1.02. The topological polar surface area (TPSA) is 20.2 Å². The smallest absolute Gasteiger partial charge is 0.0972 e. The van der Waals surface area contributed by atoms with Crippen LogP contribution < -0.4 is 0 Å². The second-order valence-electron chi connectivity index (χ2n) is 4.67. The summed E-state index contributed by atoms with van der Waals surface area (Å²) in [7, 11) is 0. The molecule has 2 heteroatoms. The molecule has 1 nitrogen and oxygen atoms in total. The van der Waals surface area contributed by atoms with Crippen LogP contribution in [0.25, 0.3) is 0 Å². The van der Waals surface area contributed by atoms with Crippen LogP contribution in [0.3, 0.4) is 0 Å². The molecule has 0 radical (unpaired) electrons. The molecular formula is C14H17BrO. The van der Waals surface area contributed by atoms with Gasteiger partial charge in [-0.05, 0) is 37.0 Å². The van der Waals surface area contributed by atoms with Crippen molar-refractivity contribution in [3.63, 3.8) is 0 Å². The summed E-state index contributed by atoms with van der Waals surface area (Å²) in [4.78, 5) is 0. The minimum absolute atomic E-state index is 0.0758. The normalized spacial score (nSPS) is 25.2. The van der Waals surface area contributed by atoms with Crippen molar-refractivity contribution in [3.05, 3.63) is 46.0 Å². The molecule has 0 saturated carbocycles. The maximum Gasteiger partial charge on any atom is 0.0972 e. The molecule has 86 valence electrons. The van der Waals surface area contributed by atoms with Crippen LogP contribution in [-0.4, -0.2) is 5.11 Å². The van der Waals surface area contributed by atoms with Crippen molar-refractivity contribution >= 4 is 15.9 Å². The van der Waals surface area contributed by atoms with Crippen molar-refractivity contribution in [1.82, 2.24) is 0 Å². The maximum absolute atomic E-state index is 10.8. The third-order valence-corrected chi connectivity index (χ3v) is 4.45. The SMILES string of the molecule is C=CC(C)C1(O)CCc2c(C)ccc(Br)c21. The Labute approximate surface area is 105 Å². The molecule has 0 spiro atoms. The van der Waals surface area contributed by atoms with Gasteiger partial charge in [0.05, 0.1) is 5.60 Å². The van der Waals surface area contributed by atoms with E-state index in [0.29, 0.717) is 0 Å². The second-order valence-corrected chi connectivity index (χ2v) is 5.52. The third kappa shape index (κ3) is 1.56. The molecule has 0 amide bonds. The van der Waals surface area contributed by atoms with Gasteiger partial charge in [0.2, 0.25) is 0 Å². The fraction of sp³-hybridized carbons (Fsp3) is 0.429. The lowest BCUT2D eigenvalue weighted by molar-refractivity contribution is 0.00223. The van der Waals surface area contributed by atoms with Gasteiger partial charge in [0.1, 0.15) is 0 Å². The minimum atomic E-state index is -0.748. The van der Waals surface area contributed by atoms with Crippen LogP contribution in [0.4, 0.5) is 0 Å². The standard InChI is InChI=1S/C14H17BrO/c1-4-10(3)14(16)8-7-11-9(2)5-6-12(15)13(11)14/h4-6,10,16H,1,7-8H2,2-3H3. The molecule has 1 N–H and O–H groups in total. The Kier molecular flexibility index (Phi) is 2.97. The summed E-state index contributed by atoms with van der Waals surface area (Å²) in [6.45, 7) is 7.93. The number of benzene rings is 1. The van der Waals surface area contributed by atoms with Gasteiger partial charge in [0.25, 0.3) is 0 Å². The van der Waals surface area contributed by atoms with Crippen molar-refractivity contribution in [2.75, 3.05) is 0 Å². The number of hydrogen-bond acceptors (Lipinski definition) is 1. The summed E-state index contributed by atoms with van der Waals surface area (Å²) in [5.41, 5.74) is 2.89. The molecule has 1 aromatic rings. The predicted molar refractivity (Wildman–Crippen MR) is 70.5 cm³/mol. The molecule has 16 heavy (non-hydrogen) atoms. The predicted octanol–water partition coefficient (Wildman–Crippen LogP) is 3.71. The van der Waals surface area contributed by atoms with Crippen molar-refractivity contribution in [2.45, 2.75) is 32.3 Å². The molecule has 2 rings (SSSR count). The van der Waals surface area contributed by atoms with E-state index in [-0.39, 0.29) is 5.92 Å². The van der Waals surface area contributed by atoms with Gasteiger partial charge in [0, 0.05) is 16.0 Å². The molecule has 2 atom stereocenters. The monoisotopic (exact) mass is 280 g/mol. The average Bonchev–Trinajstić information content (AvgIpc) is 2.63. The van der Waals surface area contributed by atoms with Crippen LogP contribution in [-0.2, 0) is 12.0 Å². The van der Waals surface area contributed by atoms with E-state index < -0.39 is 5.60 Å². The zero-order chi connectivity index (χ0) is 11.9. The largest absolute Gasteiger partial charge is 0.384 e. The van der Waals surface area contributed by atoms with Crippen LogP contribution in [0.2, 0.25) is 0 Å². The van der Waals surface area contributed by atoms with E-state index in [1.807, 2.05) is 19.1 Å². The summed E-state index contributed by atoms with van der Waals surface area (Å²) >= 11 is 3.56. The zero-order valence-electron chi connectivity index (χ0n) is 9.76. The van der Waals surface area contributed by atoms with E-state index in [2.05, 4.69) is 35.5 Å². The Hall–Kier alpha value is -0.600. The summed E-state index contributed by atoms with van der Waals surface area (Å²) in [5, 5.41) is 10.8. The van der Waals surface area contributed by atoms with E-state index in [0.717, 1.165) is 22.9 Å². The Morgan fingerprint density at radius 1 is 1.56 bits per heavy atom. The molecule has 0 aliphatic heterocycles. The van der Waals surface area contributed by atoms with E-state index in [1.54, 1.807) is 0 Å². The maximum atomic E-state index is 10.8. The summed E-state index contributed by atoms with van der Waals surface area (Å²) in [5.74, 6) is 0.0758. The van der Waals surface area contributed by atoms with Gasteiger partial charge in [-0.25, -0.2) is 0 Å². The zero-order valence-corrected chi connectivity index (χ0v) is 11.3. The number of aryl methyl sites for hydroxylation is 1. The Balaban J connectivity index is 2.62. The van der Waals surface area contributed by atoms with E-state index in [9.17, 15) is 5.11 Å². The molecule has 1 aliphatic rings. The molecule has 1 aliphatic carbocycles. The third-order valence-electron chi connectivity index (χ3n) is 3.79. The first-order chi connectivity index (χ1) is 7.50. The van der Waals surface area contributed by atoms with Crippen molar-refractivity contribution in [3.8, 4) is 0 Å². The molecule has 0 fully saturated rings. The average molecular weight is 281 g/mol. The molecule has 0 aromatic heterocycles. The van der Waals surface area contributed by atoms with Crippen LogP contribution in [0.15, 0.2) is 29.3 Å². The van der Waals surface area contributed by atoms with Gasteiger partial charge >= 0.3 is 0 Å². The van der Waals surface area contributed by atoms with Crippen molar-refractivity contribution in [2.24, 2.45) is 5.92 Å². The highest BCUT2D eigenvalue weighted by Gasteiger charge is 2.42. The van der Waals surface area contributed by atoms with E-state index in [1.165, 1.54) is 11.1 Å². The molecule has 2 unspecified atom stereocenters. The lowest BCUT2D eigenvalue weighted by Crippen LogP contribution is -2.30. The molecule has 1 aromatic carbocycles. The van der Waals surface area contributed by atoms with Gasteiger partial charge in [-0.1, -0.05) is 35.0 Å². The number of aliphatic hydroxyl groups is 1. The molecule has 0 heterocycles. The highest BCUT2D eigenvalue weighted by atomic mass is 79.9. The van der Waals surface area contributed by atoms with Gasteiger partial charge in [0.15, 0.2) is 0 Å². The molecule has 0 bridgehead atoms. The number of hydrogen-bond donors (Lipinski definition) is 1. The minimum Gasteiger partial charge on any atom is -0.384 e. The first-order valence-corrected chi connectivity index (χ1v) is 6.43. The Bertz CT molecular complexity index is 439. The van der Waals surface area contributed by atoms with Gasteiger partial charge in [-0.3, -0.25) is 0 Å². The highest BCUT2D eigenvalue weighted by molar-refractivity contribution is 9.10. The lowest BCUT2D eigenvalue weighted by atomic mass is 9.83. The second kappa shape index (κ2) is 4.01. The van der Waals surface area contributed by atoms with Crippen LogP contribution in [0, 0.1) is 12.8 Å². The van der Waals surface area contributed by atoms with Gasteiger partial charge < -0.3 is 5.11 Å². The summed E-state index contributed by atoms with van der Waals surface area (Å²) in [6, 6.07) is 4.13. The lowest BCUT2D eigenvalue weighted by Gasteiger charge is -2.30. The Morgan fingerprint density at radius 2 is 2.25 bits per heavy atom. The van der Waals surface area contributed by atoms with E-state index in [4.69, 9.17) is 0 Å². The fourth-order valence-corrected chi connectivity index (χ4v) is 3.32. The number of rotatable bonds is 2. The Morgan fingerprint density at radius 3 is 2.88 bits per heavy atom. The van der Waals surface area contributed by atoms with Gasteiger partial charge in [-0.2, -0.15) is 0 Å². The number of halogens is 1. The van der Waals surface area contributed by atoms with Crippen LogP contribution >= 0.6 is 15.9 Å². The quantitative estimate of drug-likeness (QED) is 0.819. The van der Waals surface area contributed by atoms with Crippen LogP contribution in [0.1, 0.15) is 30.0 Å². The first-order valence-electron chi connectivity index (χ1n) is 5.64. The fourth-order valence-electron chi connectivity index (χ4n) is 2.60. The van der Waals surface area contributed by atoms with Crippen molar-refractivity contribution < 1.29 is 5.11 Å².